The Labute approximate surface area is 137 Å². The molecule has 1 amide bonds. The van der Waals surface area contributed by atoms with Crippen LogP contribution in [0.3, 0.4) is 0 Å². The lowest BCUT2D eigenvalue weighted by Gasteiger charge is -2.26. The molecule has 1 N–H and O–H groups in total. The predicted octanol–water partition coefficient (Wildman–Crippen LogP) is 4.05. The first-order valence-electron chi connectivity index (χ1n) is 6.64. The van der Waals surface area contributed by atoms with Gasteiger partial charge in [0.15, 0.2) is 0 Å². The van der Waals surface area contributed by atoms with Gasteiger partial charge >= 0.3 is 0 Å². The van der Waals surface area contributed by atoms with Gasteiger partial charge in [-0.2, -0.15) is 0 Å². The molecule has 1 aromatic heterocycles. The highest BCUT2D eigenvalue weighted by atomic mass is 35.5. The minimum absolute atomic E-state index is 0.0491. The third kappa shape index (κ3) is 3.77. The molecule has 1 aromatic carbocycles. The van der Waals surface area contributed by atoms with E-state index in [0.29, 0.717) is 22.3 Å². The van der Waals surface area contributed by atoms with Crippen molar-refractivity contribution in [3.63, 3.8) is 0 Å². The summed E-state index contributed by atoms with van der Waals surface area (Å²) in [5, 5.41) is 5.98. The predicted molar refractivity (Wildman–Crippen MR) is 88.4 cm³/mol. The highest BCUT2D eigenvalue weighted by Gasteiger charge is 2.19. The largest absolute Gasteiger partial charge is 0.325 e. The summed E-state index contributed by atoms with van der Waals surface area (Å²) >= 11 is 13.6. The number of benzene rings is 1. The Morgan fingerprint density at radius 1 is 1.29 bits per heavy atom. The molecule has 0 atom stereocenters. The molecule has 3 rings (SSSR count). The fraction of sp³-hybridized carbons (Fsp3) is 0.267. The Bertz CT molecular complexity index is 651. The first-order valence-corrected chi connectivity index (χ1v) is 8.27. The molecule has 1 aliphatic heterocycles. The molecule has 0 radical (unpaired) electrons. The van der Waals surface area contributed by atoms with Crippen molar-refractivity contribution in [3.8, 4) is 0 Å². The van der Waals surface area contributed by atoms with Gasteiger partial charge in [0.25, 0.3) is 0 Å². The molecule has 3 nitrogen and oxygen atoms in total. The van der Waals surface area contributed by atoms with E-state index in [0.717, 1.165) is 19.5 Å². The highest BCUT2D eigenvalue weighted by Crippen LogP contribution is 2.24. The Kier molecular flexibility index (Phi) is 4.50. The van der Waals surface area contributed by atoms with Gasteiger partial charge < -0.3 is 5.32 Å². The van der Waals surface area contributed by atoms with Crippen LogP contribution in [0, 0.1) is 0 Å². The molecule has 0 bridgehead atoms. The molecule has 0 saturated carbocycles. The molecule has 0 spiro atoms. The lowest BCUT2D eigenvalue weighted by Crippen LogP contribution is -2.36. The summed E-state index contributed by atoms with van der Waals surface area (Å²) in [6.07, 6.45) is 1.02. The van der Waals surface area contributed by atoms with Gasteiger partial charge in [0.2, 0.25) is 5.91 Å². The Balaban J connectivity index is 1.60. The van der Waals surface area contributed by atoms with Gasteiger partial charge in [0.1, 0.15) is 0 Å². The van der Waals surface area contributed by atoms with Crippen LogP contribution in [0.25, 0.3) is 0 Å². The Hall–Kier alpha value is -1.07. The van der Waals surface area contributed by atoms with E-state index < -0.39 is 0 Å². The van der Waals surface area contributed by atoms with E-state index in [9.17, 15) is 4.79 Å². The molecule has 0 unspecified atom stereocenters. The van der Waals surface area contributed by atoms with Crippen LogP contribution in [-0.2, 0) is 17.8 Å². The number of nitrogens with one attached hydrogen (secondary N) is 1. The van der Waals surface area contributed by atoms with Crippen LogP contribution in [0.2, 0.25) is 10.0 Å². The van der Waals surface area contributed by atoms with Crippen LogP contribution in [0.4, 0.5) is 5.69 Å². The Morgan fingerprint density at radius 3 is 2.81 bits per heavy atom. The second kappa shape index (κ2) is 6.36. The van der Waals surface area contributed by atoms with E-state index in [-0.39, 0.29) is 5.91 Å². The average Bonchev–Trinajstić information content (AvgIpc) is 2.84. The SMILES string of the molecule is O=C(CN1CCc2sccc2C1)Nc1cc(Cl)cc(Cl)c1. The molecule has 6 heteroatoms. The maximum Gasteiger partial charge on any atom is 0.238 e. The molecule has 0 fully saturated rings. The summed E-state index contributed by atoms with van der Waals surface area (Å²) in [5.41, 5.74) is 1.97. The third-order valence-corrected chi connectivity index (χ3v) is 4.86. The molecule has 2 aromatic rings. The van der Waals surface area contributed by atoms with Crippen LogP contribution in [0.15, 0.2) is 29.6 Å². The minimum Gasteiger partial charge on any atom is -0.325 e. The van der Waals surface area contributed by atoms with Crippen LogP contribution in [0.5, 0.6) is 0 Å². The summed E-state index contributed by atoms with van der Waals surface area (Å²) in [6, 6.07) is 7.17. The van der Waals surface area contributed by atoms with Gasteiger partial charge in [0.05, 0.1) is 6.54 Å². The van der Waals surface area contributed by atoms with E-state index in [2.05, 4.69) is 21.7 Å². The van der Waals surface area contributed by atoms with Crippen molar-refractivity contribution in [2.75, 3.05) is 18.4 Å². The number of hydrogen-bond donors (Lipinski definition) is 1. The summed E-state index contributed by atoms with van der Waals surface area (Å²) in [7, 11) is 0. The molecule has 2 heterocycles. The van der Waals surface area contributed by atoms with E-state index in [1.165, 1.54) is 10.4 Å². The molecule has 21 heavy (non-hydrogen) atoms. The Morgan fingerprint density at radius 2 is 2.05 bits per heavy atom. The normalized spacial score (nSPS) is 14.8. The van der Waals surface area contributed by atoms with Crippen molar-refractivity contribution in [2.24, 2.45) is 0 Å². The van der Waals surface area contributed by atoms with Crippen molar-refractivity contribution in [2.45, 2.75) is 13.0 Å². The molecule has 0 saturated heterocycles. The molecule has 1 aliphatic rings. The van der Waals surface area contributed by atoms with Crippen LogP contribution in [0.1, 0.15) is 10.4 Å². The number of thiophene rings is 1. The monoisotopic (exact) mass is 340 g/mol. The second-order valence-corrected chi connectivity index (χ2v) is 6.91. The van der Waals surface area contributed by atoms with Gasteiger partial charge in [-0.3, -0.25) is 9.69 Å². The zero-order valence-electron chi connectivity index (χ0n) is 11.2. The van der Waals surface area contributed by atoms with Crippen LogP contribution >= 0.6 is 34.5 Å². The zero-order valence-corrected chi connectivity index (χ0v) is 13.6. The number of fused-ring (bicyclic) bond motifs is 1. The number of carbonyl (C=O) groups excluding carboxylic acids is 1. The topological polar surface area (TPSA) is 32.3 Å². The van der Waals surface area contributed by atoms with Gasteiger partial charge in [-0.15, -0.1) is 11.3 Å². The molecule has 0 aliphatic carbocycles. The molecular formula is C15H14Cl2N2OS. The van der Waals surface area contributed by atoms with E-state index in [1.807, 2.05) is 0 Å². The number of amides is 1. The number of halogens is 2. The second-order valence-electron chi connectivity index (χ2n) is 5.04. The maximum atomic E-state index is 12.1. The van der Waals surface area contributed by atoms with Crippen molar-refractivity contribution in [1.29, 1.82) is 0 Å². The van der Waals surface area contributed by atoms with Crippen molar-refractivity contribution < 1.29 is 4.79 Å². The van der Waals surface area contributed by atoms with Gasteiger partial charge in [-0.25, -0.2) is 0 Å². The van der Waals surface area contributed by atoms with Crippen molar-refractivity contribution in [1.82, 2.24) is 4.90 Å². The smallest absolute Gasteiger partial charge is 0.238 e. The summed E-state index contributed by atoms with van der Waals surface area (Å²) < 4.78 is 0. The lowest BCUT2D eigenvalue weighted by atomic mass is 10.1. The minimum atomic E-state index is -0.0491. The van der Waals surface area contributed by atoms with Gasteiger partial charge in [0, 0.05) is 33.7 Å². The van der Waals surface area contributed by atoms with Gasteiger partial charge in [-0.1, -0.05) is 23.2 Å². The first-order chi connectivity index (χ1) is 10.1. The molecule has 110 valence electrons. The number of hydrogen-bond acceptors (Lipinski definition) is 3. The van der Waals surface area contributed by atoms with E-state index in [4.69, 9.17) is 23.2 Å². The quantitative estimate of drug-likeness (QED) is 0.913. The lowest BCUT2D eigenvalue weighted by molar-refractivity contribution is -0.117. The first kappa shape index (κ1) is 14.9. The number of carbonyl (C=O) groups is 1. The number of anilines is 1. The average molecular weight is 341 g/mol. The fourth-order valence-electron chi connectivity index (χ4n) is 2.47. The number of rotatable bonds is 3. The van der Waals surface area contributed by atoms with Crippen molar-refractivity contribution in [3.05, 3.63) is 50.1 Å². The molecular weight excluding hydrogens is 327 g/mol. The van der Waals surface area contributed by atoms with Crippen LogP contribution < -0.4 is 5.32 Å². The van der Waals surface area contributed by atoms with Crippen LogP contribution in [-0.4, -0.2) is 23.9 Å². The summed E-state index contributed by atoms with van der Waals surface area (Å²) in [6.45, 7) is 2.12. The number of nitrogens with zero attached hydrogens (tertiary/aromatic N) is 1. The van der Waals surface area contributed by atoms with E-state index in [1.54, 1.807) is 29.5 Å². The standard InChI is InChI=1S/C15H14Cl2N2OS/c16-11-5-12(17)7-13(6-11)18-15(20)9-19-3-1-14-10(8-19)2-4-21-14/h2,4-7H,1,3,8-9H2,(H,18,20). The maximum absolute atomic E-state index is 12.1. The fourth-order valence-corrected chi connectivity index (χ4v) is 3.89. The third-order valence-electron chi connectivity index (χ3n) is 3.40. The summed E-state index contributed by atoms with van der Waals surface area (Å²) in [4.78, 5) is 15.7. The van der Waals surface area contributed by atoms with E-state index >= 15 is 0 Å². The van der Waals surface area contributed by atoms with Gasteiger partial charge in [-0.05, 0) is 41.6 Å². The van der Waals surface area contributed by atoms with Crippen molar-refractivity contribution >= 4 is 46.1 Å². The summed E-state index contributed by atoms with van der Waals surface area (Å²) in [5.74, 6) is -0.0491. The highest BCUT2D eigenvalue weighted by molar-refractivity contribution is 7.10. The zero-order chi connectivity index (χ0) is 14.8.